The normalized spacial score (nSPS) is 12.1. The average Bonchev–Trinajstić information content (AvgIpc) is 2.39. The van der Waals surface area contributed by atoms with E-state index in [0.717, 1.165) is 12.8 Å². The molecule has 0 heterocycles. The highest BCUT2D eigenvalue weighted by molar-refractivity contribution is 5.81. The van der Waals surface area contributed by atoms with Gasteiger partial charge in [-0.25, -0.2) is 4.79 Å². The van der Waals surface area contributed by atoms with E-state index in [-0.39, 0.29) is 5.91 Å². The molecule has 0 saturated heterocycles. The zero-order chi connectivity index (χ0) is 15.2. The molecule has 0 radical (unpaired) electrons. The number of hydrogen-bond acceptors (Lipinski definition) is 2. The molecule has 1 unspecified atom stereocenters. The molecule has 1 atom stereocenters. The minimum atomic E-state index is -0.934. The van der Waals surface area contributed by atoms with Crippen molar-refractivity contribution in [3.63, 3.8) is 0 Å². The standard InChI is InChI=1S/C16H31NO3/c1-3-4-5-6-7-8-9-10-11-12-13-15(16(19)20)17-14(2)18/h15H,3-13H2,1-2H3,(H,17,18)(H,19,20). The maximum absolute atomic E-state index is 10.9. The Bertz CT molecular complexity index is 266. The first-order valence-corrected chi connectivity index (χ1v) is 8.07. The van der Waals surface area contributed by atoms with Gasteiger partial charge in [0, 0.05) is 6.92 Å². The van der Waals surface area contributed by atoms with E-state index in [9.17, 15) is 9.59 Å². The van der Waals surface area contributed by atoms with E-state index < -0.39 is 12.0 Å². The lowest BCUT2D eigenvalue weighted by atomic mass is 10.0. The summed E-state index contributed by atoms with van der Waals surface area (Å²) in [6.45, 7) is 3.58. The van der Waals surface area contributed by atoms with E-state index in [1.54, 1.807) is 0 Å². The number of carboxylic acid groups (broad SMARTS) is 1. The highest BCUT2D eigenvalue weighted by Crippen LogP contribution is 2.12. The second kappa shape index (κ2) is 12.9. The fourth-order valence-corrected chi connectivity index (χ4v) is 2.34. The van der Waals surface area contributed by atoms with Gasteiger partial charge in [0.15, 0.2) is 0 Å². The maximum Gasteiger partial charge on any atom is 0.326 e. The molecule has 0 fully saturated rings. The number of unbranched alkanes of at least 4 members (excludes halogenated alkanes) is 9. The van der Waals surface area contributed by atoms with E-state index in [1.165, 1.54) is 58.3 Å². The number of aliphatic carboxylic acids is 1. The molecule has 4 heteroatoms. The summed E-state index contributed by atoms with van der Waals surface area (Å²) in [5.74, 6) is -1.21. The summed E-state index contributed by atoms with van der Waals surface area (Å²) in [5, 5.41) is 11.4. The van der Waals surface area contributed by atoms with Gasteiger partial charge in [-0.2, -0.15) is 0 Å². The Morgan fingerprint density at radius 1 is 0.900 bits per heavy atom. The van der Waals surface area contributed by atoms with Crippen molar-refractivity contribution in [3.8, 4) is 0 Å². The molecular weight excluding hydrogens is 254 g/mol. The van der Waals surface area contributed by atoms with E-state index in [2.05, 4.69) is 12.2 Å². The summed E-state index contributed by atoms with van der Waals surface area (Å²) < 4.78 is 0. The predicted molar refractivity (Wildman–Crippen MR) is 81.7 cm³/mol. The third-order valence-corrected chi connectivity index (χ3v) is 3.52. The smallest absolute Gasteiger partial charge is 0.326 e. The summed E-state index contributed by atoms with van der Waals surface area (Å²) in [5.41, 5.74) is 0. The summed E-state index contributed by atoms with van der Waals surface area (Å²) in [6.07, 6.45) is 12.8. The highest BCUT2D eigenvalue weighted by atomic mass is 16.4. The van der Waals surface area contributed by atoms with Crippen LogP contribution in [-0.4, -0.2) is 23.0 Å². The third kappa shape index (κ3) is 12.0. The molecule has 118 valence electrons. The van der Waals surface area contributed by atoms with Crippen molar-refractivity contribution in [2.24, 2.45) is 0 Å². The first-order chi connectivity index (χ1) is 9.57. The lowest BCUT2D eigenvalue weighted by Gasteiger charge is -2.12. The largest absolute Gasteiger partial charge is 0.480 e. The van der Waals surface area contributed by atoms with Crippen LogP contribution in [-0.2, 0) is 9.59 Å². The van der Waals surface area contributed by atoms with Crippen molar-refractivity contribution in [1.29, 1.82) is 0 Å². The molecule has 0 aromatic heterocycles. The van der Waals surface area contributed by atoms with Gasteiger partial charge in [0.2, 0.25) is 5.91 Å². The Morgan fingerprint density at radius 2 is 1.35 bits per heavy atom. The van der Waals surface area contributed by atoms with Crippen LogP contribution in [0.5, 0.6) is 0 Å². The molecule has 0 spiro atoms. The van der Waals surface area contributed by atoms with Crippen molar-refractivity contribution in [1.82, 2.24) is 5.32 Å². The lowest BCUT2D eigenvalue weighted by molar-refractivity contribution is -0.141. The van der Waals surface area contributed by atoms with Gasteiger partial charge in [-0.05, 0) is 6.42 Å². The zero-order valence-electron chi connectivity index (χ0n) is 13.1. The summed E-state index contributed by atoms with van der Waals surface area (Å²) in [7, 11) is 0. The molecule has 0 bridgehead atoms. The van der Waals surface area contributed by atoms with Crippen molar-refractivity contribution >= 4 is 11.9 Å². The van der Waals surface area contributed by atoms with Crippen LogP contribution in [0.25, 0.3) is 0 Å². The van der Waals surface area contributed by atoms with Crippen LogP contribution in [0, 0.1) is 0 Å². The van der Waals surface area contributed by atoms with Crippen LogP contribution in [0.4, 0.5) is 0 Å². The molecule has 0 aromatic rings. The quantitative estimate of drug-likeness (QED) is 0.505. The number of carbonyl (C=O) groups excluding carboxylic acids is 1. The fraction of sp³-hybridized carbons (Fsp3) is 0.875. The molecule has 0 rings (SSSR count). The van der Waals surface area contributed by atoms with Crippen LogP contribution in [0.1, 0.15) is 84.5 Å². The Kier molecular flexibility index (Phi) is 12.3. The van der Waals surface area contributed by atoms with Crippen molar-refractivity contribution in [2.75, 3.05) is 0 Å². The SMILES string of the molecule is CCCCCCCCCCCCC(NC(C)=O)C(=O)O. The minimum absolute atomic E-state index is 0.274. The van der Waals surface area contributed by atoms with Crippen LogP contribution in [0.15, 0.2) is 0 Å². The monoisotopic (exact) mass is 285 g/mol. The zero-order valence-corrected chi connectivity index (χ0v) is 13.1. The van der Waals surface area contributed by atoms with Crippen molar-refractivity contribution < 1.29 is 14.7 Å². The second-order valence-electron chi connectivity index (χ2n) is 5.56. The summed E-state index contributed by atoms with van der Waals surface area (Å²) in [4.78, 5) is 21.8. The number of carboxylic acids is 1. The van der Waals surface area contributed by atoms with Gasteiger partial charge in [0.05, 0.1) is 0 Å². The van der Waals surface area contributed by atoms with Crippen molar-refractivity contribution in [3.05, 3.63) is 0 Å². The number of carbonyl (C=O) groups is 2. The lowest BCUT2D eigenvalue weighted by Crippen LogP contribution is -2.39. The molecule has 20 heavy (non-hydrogen) atoms. The molecule has 4 nitrogen and oxygen atoms in total. The number of nitrogens with one attached hydrogen (secondary N) is 1. The molecule has 0 aliphatic heterocycles. The van der Waals surface area contributed by atoms with E-state index in [4.69, 9.17) is 5.11 Å². The van der Waals surface area contributed by atoms with Crippen LogP contribution >= 0.6 is 0 Å². The maximum atomic E-state index is 10.9. The van der Waals surface area contributed by atoms with Crippen LogP contribution < -0.4 is 5.32 Å². The van der Waals surface area contributed by atoms with Gasteiger partial charge >= 0.3 is 5.97 Å². The molecular formula is C16H31NO3. The molecule has 1 amide bonds. The Morgan fingerprint density at radius 3 is 1.75 bits per heavy atom. The highest BCUT2D eigenvalue weighted by Gasteiger charge is 2.17. The fourth-order valence-electron chi connectivity index (χ4n) is 2.34. The Labute approximate surface area is 123 Å². The summed E-state index contributed by atoms with van der Waals surface area (Å²) in [6, 6.07) is -0.721. The van der Waals surface area contributed by atoms with Gasteiger partial charge in [-0.3, -0.25) is 4.79 Å². The predicted octanol–water partition coefficient (Wildman–Crippen LogP) is 3.89. The third-order valence-electron chi connectivity index (χ3n) is 3.52. The average molecular weight is 285 g/mol. The first-order valence-electron chi connectivity index (χ1n) is 8.07. The molecule has 0 aliphatic carbocycles. The topological polar surface area (TPSA) is 66.4 Å². The summed E-state index contributed by atoms with van der Waals surface area (Å²) >= 11 is 0. The molecule has 0 aromatic carbocycles. The Balaban J connectivity index is 3.41. The minimum Gasteiger partial charge on any atom is -0.480 e. The van der Waals surface area contributed by atoms with E-state index >= 15 is 0 Å². The van der Waals surface area contributed by atoms with E-state index in [1.807, 2.05) is 0 Å². The van der Waals surface area contributed by atoms with Gasteiger partial charge in [0.25, 0.3) is 0 Å². The Hall–Kier alpha value is -1.06. The van der Waals surface area contributed by atoms with Gasteiger partial charge < -0.3 is 10.4 Å². The number of amides is 1. The van der Waals surface area contributed by atoms with Crippen LogP contribution in [0.2, 0.25) is 0 Å². The van der Waals surface area contributed by atoms with Crippen LogP contribution in [0.3, 0.4) is 0 Å². The molecule has 0 aliphatic rings. The van der Waals surface area contributed by atoms with Gasteiger partial charge in [0.1, 0.15) is 6.04 Å². The number of rotatable bonds is 13. The molecule has 0 saturated carbocycles. The van der Waals surface area contributed by atoms with Gasteiger partial charge in [-0.15, -0.1) is 0 Å². The van der Waals surface area contributed by atoms with Gasteiger partial charge in [-0.1, -0.05) is 71.1 Å². The second-order valence-corrected chi connectivity index (χ2v) is 5.56. The first kappa shape index (κ1) is 18.9. The van der Waals surface area contributed by atoms with E-state index in [0.29, 0.717) is 6.42 Å². The number of hydrogen-bond donors (Lipinski definition) is 2. The molecule has 2 N–H and O–H groups in total. The van der Waals surface area contributed by atoms with Crippen molar-refractivity contribution in [2.45, 2.75) is 90.5 Å².